The maximum atomic E-state index is 5.96. The molecule has 108 valence electrons. The molecule has 1 aliphatic rings. The van der Waals surface area contributed by atoms with Crippen molar-refractivity contribution in [1.82, 2.24) is 14.5 Å². The summed E-state index contributed by atoms with van der Waals surface area (Å²) in [4.78, 5) is 9.32. The van der Waals surface area contributed by atoms with Crippen molar-refractivity contribution in [1.29, 1.82) is 0 Å². The van der Waals surface area contributed by atoms with Crippen LogP contribution in [0.15, 0.2) is 18.3 Å². The monoisotopic (exact) mass is 291 g/mol. The molecule has 2 heterocycles. The minimum absolute atomic E-state index is 0.526. The SMILES string of the molecule is CCC1CCC(n2c(CCCl)nc3cccnc32)C1C. The van der Waals surface area contributed by atoms with E-state index in [1.54, 1.807) is 0 Å². The van der Waals surface area contributed by atoms with Gasteiger partial charge in [-0.25, -0.2) is 9.97 Å². The molecule has 20 heavy (non-hydrogen) atoms. The molecule has 3 rings (SSSR count). The van der Waals surface area contributed by atoms with Gasteiger partial charge in [-0.2, -0.15) is 0 Å². The summed E-state index contributed by atoms with van der Waals surface area (Å²) in [5.41, 5.74) is 2.03. The van der Waals surface area contributed by atoms with Gasteiger partial charge in [-0.1, -0.05) is 20.3 Å². The van der Waals surface area contributed by atoms with Gasteiger partial charge in [-0.15, -0.1) is 11.6 Å². The van der Waals surface area contributed by atoms with Gasteiger partial charge >= 0.3 is 0 Å². The van der Waals surface area contributed by atoms with Crippen molar-refractivity contribution in [2.45, 2.75) is 45.6 Å². The number of nitrogens with zero attached hydrogens (tertiary/aromatic N) is 3. The lowest BCUT2D eigenvalue weighted by Gasteiger charge is -2.23. The standard InChI is InChI=1S/C16H22ClN3/c1-3-12-6-7-14(11(12)2)20-15(8-9-17)19-13-5-4-10-18-16(13)20/h4-5,10-12,14H,3,6-9H2,1-2H3. The third kappa shape index (κ3) is 2.22. The highest BCUT2D eigenvalue weighted by Gasteiger charge is 2.34. The van der Waals surface area contributed by atoms with Crippen molar-refractivity contribution in [2.24, 2.45) is 11.8 Å². The fourth-order valence-corrected chi connectivity index (χ4v) is 3.92. The number of imidazole rings is 1. The summed E-state index contributed by atoms with van der Waals surface area (Å²) in [5, 5.41) is 0. The molecule has 0 bridgehead atoms. The number of halogens is 1. The average molecular weight is 292 g/mol. The lowest BCUT2D eigenvalue weighted by atomic mass is 9.93. The minimum Gasteiger partial charge on any atom is -0.309 e. The van der Waals surface area contributed by atoms with E-state index in [2.05, 4.69) is 23.4 Å². The molecule has 0 aliphatic heterocycles. The highest BCUT2D eigenvalue weighted by molar-refractivity contribution is 6.17. The summed E-state index contributed by atoms with van der Waals surface area (Å²) in [6.45, 7) is 4.68. The molecule has 0 aromatic carbocycles. The Balaban J connectivity index is 2.07. The third-order valence-electron chi connectivity index (χ3n) is 4.88. The van der Waals surface area contributed by atoms with Crippen molar-refractivity contribution in [3.05, 3.63) is 24.2 Å². The molecule has 1 aliphatic carbocycles. The Bertz CT molecular complexity index is 592. The van der Waals surface area contributed by atoms with Crippen LogP contribution in [0, 0.1) is 11.8 Å². The van der Waals surface area contributed by atoms with E-state index in [0.717, 1.165) is 29.3 Å². The normalized spacial score (nSPS) is 26.4. The van der Waals surface area contributed by atoms with Crippen LogP contribution in [0.3, 0.4) is 0 Å². The molecule has 0 saturated heterocycles. The van der Waals surface area contributed by atoms with Gasteiger partial charge in [0.2, 0.25) is 0 Å². The molecule has 1 fully saturated rings. The highest BCUT2D eigenvalue weighted by Crippen LogP contribution is 2.43. The molecule has 3 atom stereocenters. The first kappa shape index (κ1) is 13.9. The Kier molecular flexibility index (Phi) is 3.97. The molecule has 0 amide bonds. The van der Waals surface area contributed by atoms with Crippen molar-refractivity contribution >= 4 is 22.8 Å². The van der Waals surface area contributed by atoms with Crippen LogP contribution < -0.4 is 0 Å². The van der Waals surface area contributed by atoms with Crippen LogP contribution in [0.4, 0.5) is 0 Å². The Labute approximate surface area is 125 Å². The van der Waals surface area contributed by atoms with Crippen molar-refractivity contribution in [3.8, 4) is 0 Å². The first-order valence-corrected chi connectivity index (χ1v) is 8.17. The molecular formula is C16H22ClN3. The Morgan fingerprint density at radius 2 is 2.25 bits per heavy atom. The largest absolute Gasteiger partial charge is 0.309 e. The van der Waals surface area contributed by atoms with Crippen LogP contribution >= 0.6 is 11.6 Å². The van der Waals surface area contributed by atoms with Crippen LogP contribution in [0.5, 0.6) is 0 Å². The van der Waals surface area contributed by atoms with Crippen LogP contribution in [0.1, 0.15) is 45.0 Å². The summed E-state index contributed by atoms with van der Waals surface area (Å²) >= 11 is 5.96. The van der Waals surface area contributed by atoms with Gasteiger partial charge in [0.15, 0.2) is 5.65 Å². The number of aromatic nitrogens is 3. The lowest BCUT2D eigenvalue weighted by molar-refractivity contribution is 0.328. The van der Waals surface area contributed by atoms with E-state index in [9.17, 15) is 0 Å². The predicted octanol–water partition coefficient (Wildman–Crippen LogP) is 4.21. The Morgan fingerprint density at radius 1 is 1.40 bits per heavy atom. The molecule has 0 radical (unpaired) electrons. The average Bonchev–Trinajstić information content (AvgIpc) is 2.99. The van der Waals surface area contributed by atoms with E-state index >= 15 is 0 Å². The summed E-state index contributed by atoms with van der Waals surface area (Å²) in [6.07, 6.45) is 6.49. The van der Waals surface area contributed by atoms with E-state index in [1.807, 2.05) is 18.3 Å². The van der Waals surface area contributed by atoms with Crippen LogP contribution in [-0.4, -0.2) is 20.4 Å². The first-order chi connectivity index (χ1) is 9.76. The van der Waals surface area contributed by atoms with E-state index < -0.39 is 0 Å². The highest BCUT2D eigenvalue weighted by atomic mass is 35.5. The van der Waals surface area contributed by atoms with Gasteiger partial charge in [0.1, 0.15) is 11.3 Å². The predicted molar refractivity (Wildman–Crippen MR) is 83.2 cm³/mol. The number of pyridine rings is 1. The van der Waals surface area contributed by atoms with Gasteiger partial charge in [0.05, 0.1) is 0 Å². The number of aryl methyl sites for hydroxylation is 1. The topological polar surface area (TPSA) is 30.7 Å². The summed E-state index contributed by atoms with van der Waals surface area (Å²) < 4.78 is 2.37. The summed E-state index contributed by atoms with van der Waals surface area (Å²) in [5.74, 6) is 3.22. The van der Waals surface area contributed by atoms with Gasteiger partial charge in [0.25, 0.3) is 0 Å². The van der Waals surface area contributed by atoms with Gasteiger partial charge in [-0.3, -0.25) is 0 Å². The second-order valence-electron chi connectivity index (χ2n) is 5.86. The molecule has 0 N–H and O–H groups in total. The lowest BCUT2D eigenvalue weighted by Crippen LogP contribution is -2.18. The maximum Gasteiger partial charge on any atom is 0.160 e. The second-order valence-corrected chi connectivity index (χ2v) is 6.23. The van der Waals surface area contributed by atoms with Crippen LogP contribution in [0.2, 0.25) is 0 Å². The van der Waals surface area contributed by atoms with E-state index in [-0.39, 0.29) is 0 Å². The molecule has 2 aromatic rings. The minimum atomic E-state index is 0.526. The molecule has 3 nitrogen and oxygen atoms in total. The van der Waals surface area contributed by atoms with E-state index in [0.29, 0.717) is 17.8 Å². The van der Waals surface area contributed by atoms with Gasteiger partial charge < -0.3 is 4.57 Å². The van der Waals surface area contributed by atoms with Gasteiger partial charge in [-0.05, 0) is 36.8 Å². The zero-order valence-corrected chi connectivity index (χ0v) is 13.0. The number of fused-ring (bicyclic) bond motifs is 1. The maximum absolute atomic E-state index is 5.96. The van der Waals surface area contributed by atoms with E-state index in [1.165, 1.54) is 19.3 Å². The summed E-state index contributed by atoms with van der Waals surface area (Å²) in [7, 11) is 0. The Morgan fingerprint density at radius 3 is 2.95 bits per heavy atom. The molecule has 3 unspecified atom stereocenters. The molecule has 2 aromatic heterocycles. The number of hydrogen-bond donors (Lipinski definition) is 0. The molecule has 4 heteroatoms. The third-order valence-corrected chi connectivity index (χ3v) is 5.07. The number of rotatable bonds is 4. The Hall–Kier alpha value is -1.09. The van der Waals surface area contributed by atoms with Crippen molar-refractivity contribution < 1.29 is 0 Å². The van der Waals surface area contributed by atoms with Gasteiger partial charge in [0, 0.05) is 24.5 Å². The quantitative estimate of drug-likeness (QED) is 0.790. The fraction of sp³-hybridized carbons (Fsp3) is 0.625. The molecule has 0 spiro atoms. The number of hydrogen-bond acceptors (Lipinski definition) is 2. The molecule has 1 saturated carbocycles. The zero-order valence-electron chi connectivity index (χ0n) is 12.2. The smallest absolute Gasteiger partial charge is 0.160 e. The fourth-order valence-electron chi connectivity index (χ4n) is 3.75. The van der Waals surface area contributed by atoms with Crippen LogP contribution in [-0.2, 0) is 6.42 Å². The zero-order chi connectivity index (χ0) is 14.1. The first-order valence-electron chi connectivity index (χ1n) is 7.64. The molecular weight excluding hydrogens is 270 g/mol. The second kappa shape index (κ2) is 5.72. The number of alkyl halides is 1. The van der Waals surface area contributed by atoms with Crippen molar-refractivity contribution in [3.63, 3.8) is 0 Å². The van der Waals surface area contributed by atoms with Crippen LogP contribution in [0.25, 0.3) is 11.2 Å². The van der Waals surface area contributed by atoms with E-state index in [4.69, 9.17) is 16.6 Å². The van der Waals surface area contributed by atoms with Crippen molar-refractivity contribution in [2.75, 3.05) is 5.88 Å². The summed E-state index contributed by atoms with van der Waals surface area (Å²) in [6, 6.07) is 4.53.